The van der Waals surface area contributed by atoms with Crippen LogP contribution in [-0.2, 0) is 9.53 Å². The first-order valence-corrected chi connectivity index (χ1v) is 7.44. The van der Waals surface area contributed by atoms with Crippen molar-refractivity contribution in [1.82, 2.24) is 0 Å². The van der Waals surface area contributed by atoms with Crippen LogP contribution in [0.1, 0.15) is 54.4 Å². The number of hydrogen-bond acceptors (Lipinski definition) is 3. The molecule has 1 heterocycles. The number of rotatable bonds is 5. The number of aliphatic hydroxyl groups excluding tert-OH is 1. The minimum atomic E-state index is -0.455. The van der Waals surface area contributed by atoms with Crippen molar-refractivity contribution in [1.29, 1.82) is 0 Å². The van der Waals surface area contributed by atoms with E-state index in [1.165, 1.54) is 0 Å². The maximum atomic E-state index is 12.4. The standard InChI is InChI=1S/C16H28O3/c1-7-9(3)15-11(5)14(18)12(6)16(19-15)10(4)13(17)8-2/h9-11,13,15,17H,7-8H2,1-6H3/t9-,10-,11+,13-,15-/m0/s1. The van der Waals surface area contributed by atoms with E-state index in [2.05, 4.69) is 13.8 Å². The highest BCUT2D eigenvalue weighted by atomic mass is 16.5. The van der Waals surface area contributed by atoms with Crippen LogP contribution < -0.4 is 0 Å². The van der Waals surface area contributed by atoms with E-state index >= 15 is 0 Å². The summed E-state index contributed by atoms with van der Waals surface area (Å²) in [5.74, 6) is 0.996. The monoisotopic (exact) mass is 268 g/mol. The molecule has 0 unspecified atom stereocenters. The van der Waals surface area contributed by atoms with Crippen molar-refractivity contribution < 1.29 is 14.6 Å². The van der Waals surface area contributed by atoms with E-state index in [4.69, 9.17) is 4.74 Å². The third kappa shape index (κ3) is 3.19. The molecule has 0 radical (unpaired) electrons. The molecule has 0 aromatic heterocycles. The van der Waals surface area contributed by atoms with Crippen molar-refractivity contribution in [3.63, 3.8) is 0 Å². The molecule has 0 aromatic rings. The van der Waals surface area contributed by atoms with E-state index in [-0.39, 0.29) is 23.7 Å². The molecule has 1 aliphatic heterocycles. The zero-order valence-corrected chi connectivity index (χ0v) is 13.1. The summed E-state index contributed by atoms with van der Waals surface area (Å²) in [5.41, 5.74) is 0.687. The lowest BCUT2D eigenvalue weighted by Gasteiger charge is -2.37. The minimum absolute atomic E-state index is 0.0669. The summed E-state index contributed by atoms with van der Waals surface area (Å²) in [7, 11) is 0. The molecular formula is C16H28O3. The van der Waals surface area contributed by atoms with Gasteiger partial charge in [0.05, 0.1) is 12.0 Å². The van der Waals surface area contributed by atoms with Gasteiger partial charge in [-0.1, -0.05) is 41.0 Å². The highest BCUT2D eigenvalue weighted by Crippen LogP contribution is 2.35. The molecular weight excluding hydrogens is 240 g/mol. The number of Topliss-reactive ketones (excluding diaryl/α,β-unsaturated/α-hetero) is 1. The van der Waals surface area contributed by atoms with E-state index in [0.717, 1.165) is 6.42 Å². The summed E-state index contributed by atoms with van der Waals surface area (Å²) in [5, 5.41) is 10.0. The van der Waals surface area contributed by atoms with E-state index in [0.29, 0.717) is 23.7 Å². The Balaban J connectivity index is 3.06. The quantitative estimate of drug-likeness (QED) is 0.832. The fourth-order valence-electron chi connectivity index (χ4n) is 2.77. The van der Waals surface area contributed by atoms with Gasteiger partial charge >= 0.3 is 0 Å². The molecule has 0 bridgehead atoms. The Morgan fingerprint density at radius 1 is 1.26 bits per heavy atom. The predicted octanol–water partition coefficient (Wildman–Crippen LogP) is 3.32. The number of ketones is 1. The van der Waals surface area contributed by atoms with E-state index in [1.54, 1.807) is 0 Å². The lowest BCUT2D eigenvalue weighted by atomic mass is 9.82. The molecule has 0 saturated carbocycles. The second-order valence-corrected chi connectivity index (χ2v) is 5.87. The van der Waals surface area contributed by atoms with Gasteiger partial charge in [-0.25, -0.2) is 0 Å². The van der Waals surface area contributed by atoms with Crippen LogP contribution in [0.25, 0.3) is 0 Å². The highest BCUT2D eigenvalue weighted by Gasteiger charge is 2.38. The molecule has 0 saturated heterocycles. The second kappa shape index (κ2) is 6.56. The molecule has 0 aliphatic carbocycles. The lowest BCUT2D eigenvalue weighted by molar-refractivity contribution is -0.128. The molecule has 3 heteroatoms. The van der Waals surface area contributed by atoms with Gasteiger partial charge in [0.1, 0.15) is 11.9 Å². The van der Waals surface area contributed by atoms with Crippen molar-refractivity contribution >= 4 is 5.78 Å². The average Bonchev–Trinajstić information content (AvgIpc) is 2.42. The third-order valence-electron chi connectivity index (χ3n) is 4.52. The Bertz CT molecular complexity index is 359. The Morgan fingerprint density at radius 2 is 1.84 bits per heavy atom. The highest BCUT2D eigenvalue weighted by molar-refractivity contribution is 5.98. The molecule has 0 fully saturated rings. The Labute approximate surface area is 117 Å². The lowest BCUT2D eigenvalue weighted by Crippen LogP contribution is -2.40. The van der Waals surface area contributed by atoms with Gasteiger partial charge in [0.15, 0.2) is 5.78 Å². The first kappa shape index (κ1) is 16.2. The van der Waals surface area contributed by atoms with Crippen molar-refractivity contribution in [3.8, 4) is 0 Å². The molecule has 5 atom stereocenters. The number of hydrogen-bond donors (Lipinski definition) is 1. The van der Waals surface area contributed by atoms with Crippen LogP contribution in [-0.4, -0.2) is 23.1 Å². The van der Waals surface area contributed by atoms with Crippen molar-refractivity contribution in [2.45, 2.75) is 66.6 Å². The van der Waals surface area contributed by atoms with Crippen molar-refractivity contribution in [2.75, 3.05) is 0 Å². The molecule has 3 nitrogen and oxygen atoms in total. The fourth-order valence-corrected chi connectivity index (χ4v) is 2.77. The normalized spacial score (nSPS) is 28.9. The topological polar surface area (TPSA) is 46.5 Å². The van der Waals surface area contributed by atoms with E-state index < -0.39 is 6.10 Å². The Hall–Kier alpha value is -0.830. The zero-order valence-electron chi connectivity index (χ0n) is 13.1. The molecule has 1 rings (SSSR count). The van der Waals surface area contributed by atoms with Crippen LogP contribution in [0.5, 0.6) is 0 Å². The van der Waals surface area contributed by atoms with Gasteiger partial charge in [-0.2, -0.15) is 0 Å². The van der Waals surface area contributed by atoms with Gasteiger partial charge < -0.3 is 9.84 Å². The van der Waals surface area contributed by atoms with Crippen LogP contribution in [0.15, 0.2) is 11.3 Å². The van der Waals surface area contributed by atoms with Crippen molar-refractivity contribution in [2.24, 2.45) is 17.8 Å². The van der Waals surface area contributed by atoms with Gasteiger partial charge in [0.2, 0.25) is 0 Å². The van der Waals surface area contributed by atoms with Gasteiger partial charge in [-0.05, 0) is 19.3 Å². The Morgan fingerprint density at radius 3 is 2.32 bits per heavy atom. The summed E-state index contributed by atoms with van der Waals surface area (Å²) >= 11 is 0. The summed E-state index contributed by atoms with van der Waals surface area (Å²) in [6, 6.07) is 0. The van der Waals surface area contributed by atoms with Crippen LogP contribution >= 0.6 is 0 Å². The zero-order chi connectivity index (χ0) is 14.7. The third-order valence-corrected chi connectivity index (χ3v) is 4.52. The fraction of sp³-hybridized carbons (Fsp3) is 0.812. The predicted molar refractivity (Wildman–Crippen MR) is 76.7 cm³/mol. The van der Waals surface area contributed by atoms with Crippen molar-refractivity contribution in [3.05, 3.63) is 11.3 Å². The molecule has 1 aliphatic rings. The number of allylic oxidation sites excluding steroid dienone is 1. The number of carbonyl (C=O) groups excluding carboxylic acids is 1. The molecule has 0 aromatic carbocycles. The maximum absolute atomic E-state index is 12.4. The molecule has 0 spiro atoms. The summed E-state index contributed by atoms with van der Waals surface area (Å²) < 4.78 is 6.12. The van der Waals surface area contributed by atoms with Crippen LogP contribution in [0.2, 0.25) is 0 Å². The van der Waals surface area contributed by atoms with E-state index in [9.17, 15) is 9.90 Å². The smallest absolute Gasteiger partial charge is 0.168 e. The van der Waals surface area contributed by atoms with Gasteiger partial charge in [-0.3, -0.25) is 4.79 Å². The van der Waals surface area contributed by atoms with Gasteiger partial charge in [-0.15, -0.1) is 0 Å². The first-order chi connectivity index (χ1) is 8.84. The summed E-state index contributed by atoms with van der Waals surface area (Å²) in [6.45, 7) is 11.9. The van der Waals surface area contributed by atoms with Gasteiger partial charge in [0.25, 0.3) is 0 Å². The van der Waals surface area contributed by atoms with Crippen LogP contribution in [0.3, 0.4) is 0 Å². The Kier molecular flexibility index (Phi) is 5.60. The molecule has 110 valence electrons. The molecule has 19 heavy (non-hydrogen) atoms. The number of aliphatic hydroxyl groups is 1. The maximum Gasteiger partial charge on any atom is 0.168 e. The number of ether oxygens (including phenoxy) is 1. The van der Waals surface area contributed by atoms with Crippen LogP contribution in [0, 0.1) is 17.8 Å². The second-order valence-electron chi connectivity index (χ2n) is 5.87. The molecule has 1 N–H and O–H groups in total. The number of carbonyl (C=O) groups is 1. The van der Waals surface area contributed by atoms with Crippen LogP contribution in [0.4, 0.5) is 0 Å². The molecule has 0 amide bonds. The SMILES string of the molecule is CC[C@H](C)[C@@H]1OC([C@@H](C)[C@@H](O)CC)=C(C)C(=O)[C@H]1C. The van der Waals surface area contributed by atoms with Gasteiger partial charge in [0, 0.05) is 11.5 Å². The summed E-state index contributed by atoms with van der Waals surface area (Å²) in [6.07, 6.45) is 1.13. The average molecular weight is 268 g/mol. The van der Waals surface area contributed by atoms with E-state index in [1.807, 2.05) is 27.7 Å². The largest absolute Gasteiger partial charge is 0.493 e. The first-order valence-electron chi connectivity index (χ1n) is 7.44. The minimum Gasteiger partial charge on any atom is -0.493 e. The summed E-state index contributed by atoms with van der Waals surface area (Å²) in [4.78, 5) is 12.4.